The molecule has 0 aliphatic heterocycles. The van der Waals surface area contributed by atoms with E-state index in [0.717, 1.165) is 0 Å². The molecule has 0 bridgehead atoms. The lowest BCUT2D eigenvalue weighted by molar-refractivity contribution is -0.192. The molecule has 4 heteroatoms. The minimum absolute atomic E-state index is 0.0309. The molecule has 0 aromatic rings. The Hall–Kier alpha value is -0.610. The van der Waals surface area contributed by atoms with Gasteiger partial charge in [-0.25, -0.2) is 0 Å². The molecule has 0 amide bonds. The van der Waals surface area contributed by atoms with Gasteiger partial charge < -0.3 is 14.2 Å². The molecular weight excluding hydrogens is 184 g/mol. The molecule has 0 saturated heterocycles. The van der Waals surface area contributed by atoms with Gasteiger partial charge in [0.25, 0.3) is 0 Å². The highest BCUT2D eigenvalue weighted by molar-refractivity contribution is 5.69. The second kappa shape index (κ2) is 6.79. The fourth-order valence-corrected chi connectivity index (χ4v) is 0.955. The smallest absolute Gasteiger partial charge is 0.310 e. The predicted molar refractivity (Wildman–Crippen MR) is 52.9 cm³/mol. The first-order valence-electron chi connectivity index (χ1n) is 4.83. The van der Waals surface area contributed by atoms with Crippen molar-refractivity contribution >= 4 is 5.97 Å². The fraction of sp³-hybridized carbons (Fsp3) is 0.900. The summed E-state index contributed by atoms with van der Waals surface area (Å²) < 4.78 is 15.4. The molecular formula is C10H20O4. The lowest BCUT2D eigenvalue weighted by Crippen LogP contribution is -2.27. The van der Waals surface area contributed by atoms with Crippen molar-refractivity contribution in [3.05, 3.63) is 0 Å². The van der Waals surface area contributed by atoms with Crippen LogP contribution in [0.25, 0.3) is 0 Å². The molecule has 0 atom stereocenters. The van der Waals surface area contributed by atoms with Crippen LogP contribution in [0.3, 0.4) is 0 Å². The monoisotopic (exact) mass is 204 g/mol. The van der Waals surface area contributed by atoms with Crippen molar-refractivity contribution in [2.45, 2.75) is 52.6 Å². The maximum absolute atomic E-state index is 11.0. The Bertz CT molecular complexity index is 156. The molecule has 0 saturated carbocycles. The Morgan fingerprint density at radius 2 is 1.50 bits per heavy atom. The van der Waals surface area contributed by atoms with E-state index in [1.54, 1.807) is 0 Å². The van der Waals surface area contributed by atoms with E-state index in [1.807, 2.05) is 27.7 Å². The largest absolute Gasteiger partial charge is 0.469 e. The summed E-state index contributed by atoms with van der Waals surface area (Å²) in [5.41, 5.74) is 0. The van der Waals surface area contributed by atoms with Crippen LogP contribution in [0.2, 0.25) is 0 Å². The van der Waals surface area contributed by atoms with Crippen LogP contribution in [-0.2, 0) is 19.0 Å². The Balaban J connectivity index is 4.03. The van der Waals surface area contributed by atoms with Gasteiger partial charge in [0, 0.05) is 0 Å². The first-order chi connectivity index (χ1) is 6.45. The normalized spacial score (nSPS) is 11.4. The molecule has 0 fully saturated rings. The van der Waals surface area contributed by atoms with Crippen molar-refractivity contribution in [2.75, 3.05) is 7.11 Å². The quantitative estimate of drug-likeness (QED) is 0.488. The fourth-order valence-electron chi connectivity index (χ4n) is 0.955. The van der Waals surface area contributed by atoms with E-state index in [-0.39, 0.29) is 24.6 Å². The zero-order chi connectivity index (χ0) is 11.1. The highest BCUT2D eigenvalue weighted by Crippen LogP contribution is 2.08. The molecule has 0 heterocycles. The number of carbonyl (C=O) groups excluding carboxylic acids is 1. The van der Waals surface area contributed by atoms with E-state index in [0.29, 0.717) is 0 Å². The molecule has 0 radical (unpaired) electrons. The predicted octanol–water partition coefficient (Wildman–Crippen LogP) is 1.73. The molecule has 0 aromatic heterocycles. The van der Waals surface area contributed by atoms with Crippen molar-refractivity contribution < 1.29 is 19.0 Å². The Kier molecular flexibility index (Phi) is 6.49. The van der Waals surface area contributed by atoms with Crippen LogP contribution in [0.4, 0.5) is 0 Å². The number of rotatable bonds is 6. The number of hydrogen-bond acceptors (Lipinski definition) is 4. The Morgan fingerprint density at radius 3 is 1.79 bits per heavy atom. The first-order valence-corrected chi connectivity index (χ1v) is 4.83. The maximum atomic E-state index is 11.0. The summed E-state index contributed by atoms with van der Waals surface area (Å²) in [5, 5.41) is 0. The number of esters is 1. The van der Waals surface area contributed by atoms with Gasteiger partial charge in [0.1, 0.15) is 0 Å². The van der Waals surface area contributed by atoms with Crippen LogP contribution in [0.15, 0.2) is 0 Å². The van der Waals surface area contributed by atoms with Crippen molar-refractivity contribution in [1.82, 2.24) is 0 Å². The highest BCUT2D eigenvalue weighted by atomic mass is 16.7. The second-order valence-electron chi connectivity index (χ2n) is 3.58. The van der Waals surface area contributed by atoms with Crippen LogP contribution in [0, 0.1) is 0 Å². The molecule has 4 nitrogen and oxygen atoms in total. The molecule has 84 valence electrons. The Labute approximate surface area is 85.5 Å². The van der Waals surface area contributed by atoms with Crippen LogP contribution < -0.4 is 0 Å². The molecule has 0 rings (SSSR count). The molecule has 14 heavy (non-hydrogen) atoms. The summed E-state index contributed by atoms with van der Waals surface area (Å²) in [6, 6.07) is 0. The van der Waals surface area contributed by atoms with E-state index in [2.05, 4.69) is 4.74 Å². The maximum Gasteiger partial charge on any atom is 0.310 e. The number of carbonyl (C=O) groups is 1. The van der Waals surface area contributed by atoms with E-state index >= 15 is 0 Å². The lowest BCUT2D eigenvalue weighted by atomic mass is 10.4. The summed E-state index contributed by atoms with van der Waals surface area (Å²) in [6.45, 7) is 7.59. The molecule has 0 N–H and O–H groups in total. The minimum atomic E-state index is -0.512. The third-order valence-electron chi connectivity index (χ3n) is 1.41. The third kappa shape index (κ3) is 6.86. The van der Waals surface area contributed by atoms with Crippen LogP contribution in [-0.4, -0.2) is 31.6 Å². The van der Waals surface area contributed by atoms with Crippen molar-refractivity contribution in [3.63, 3.8) is 0 Å². The van der Waals surface area contributed by atoms with Crippen molar-refractivity contribution in [2.24, 2.45) is 0 Å². The van der Waals surface area contributed by atoms with Gasteiger partial charge in [-0.15, -0.1) is 0 Å². The van der Waals surface area contributed by atoms with Crippen molar-refractivity contribution in [3.8, 4) is 0 Å². The summed E-state index contributed by atoms with van der Waals surface area (Å²) in [5.74, 6) is -0.323. The van der Waals surface area contributed by atoms with E-state index in [1.165, 1.54) is 7.11 Å². The van der Waals surface area contributed by atoms with Crippen LogP contribution in [0.1, 0.15) is 34.1 Å². The van der Waals surface area contributed by atoms with Gasteiger partial charge in [-0.2, -0.15) is 0 Å². The van der Waals surface area contributed by atoms with E-state index in [9.17, 15) is 4.79 Å². The SMILES string of the molecule is COC(=O)CC(OC(C)C)OC(C)C. The molecule has 0 aliphatic rings. The van der Waals surface area contributed by atoms with Gasteiger partial charge in [0.15, 0.2) is 6.29 Å². The minimum Gasteiger partial charge on any atom is -0.469 e. The summed E-state index contributed by atoms with van der Waals surface area (Å²) in [7, 11) is 1.35. The second-order valence-corrected chi connectivity index (χ2v) is 3.58. The Morgan fingerprint density at radius 1 is 1.07 bits per heavy atom. The van der Waals surface area contributed by atoms with Gasteiger partial charge in [-0.05, 0) is 27.7 Å². The highest BCUT2D eigenvalue weighted by Gasteiger charge is 2.17. The zero-order valence-electron chi connectivity index (χ0n) is 9.57. The van der Waals surface area contributed by atoms with E-state index in [4.69, 9.17) is 9.47 Å². The van der Waals surface area contributed by atoms with Gasteiger partial charge in [-0.1, -0.05) is 0 Å². The van der Waals surface area contributed by atoms with Gasteiger partial charge in [0.2, 0.25) is 0 Å². The van der Waals surface area contributed by atoms with Gasteiger partial charge in [-0.3, -0.25) is 4.79 Å². The number of hydrogen-bond donors (Lipinski definition) is 0. The molecule has 0 spiro atoms. The summed E-state index contributed by atoms with van der Waals surface area (Å²) in [6.07, 6.45) is -0.318. The lowest BCUT2D eigenvalue weighted by Gasteiger charge is -2.21. The molecule has 0 aliphatic carbocycles. The average molecular weight is 204 g/mol. The van der Waals surface area contributed by atoms with Gasteiger partial charge in [0.05, 0.1) is 25.7 Å². The average Bonchev–Trinajstić information content (AvgIpc) is 2.01. The summed E-state index contributed by atoms with van der Waals surface area (Å²) >= 11 is 0. The van der Waals surface area contributed by atoms with E-state index < -0.39 is 6.29 Å². The first kappa shape index (κ1) is 13.4. The number of ether oxygens (including phenoxy) is 3. The van der Waals surface area contributed by atoms with Crippen molar-refractivity contribution in [1.29, 1.82) is 0 Å². The standard InChI is InChI=1S/C10H20O4/c1-7(2)13-10(14-8(3)4)6-9(11)12-5/h7-8,10H,6H2,1-5H3. The topological polar surface area (TPSA) is 44.8 Å². The van der Waals surface area contributed by atoms with Crippen LogP contribution in [0.5, 0.6) is 0 Å². The molecule has 0 aromatic carbocycles. The third-order valence-corrected chi connectivity index (χ3v) is 1.41. The number of methoxy groups -OCH3 is 1. The molecule has 0 unspecified atom stereocenters. The van der Waals surface area contributed by atoms with Gasteiger partial charge >= 0.3 is 5.97 Å². The van der Waals surface area contributed by atoms with Crippen LogP contribution >= 0.6 is 0 Å². The summed E-state index contributed by atoms with van der Waals surface area (Å²) in [4.78, 5) is 11.0. The zero-order valence-corrected chi connectivity index (χ0v) is 9.57.